The number of nitrogens with zero attached hydrogens (tertiary/aromatic N) is 3. The number of pyridine rings is 1. The van der Waals surface area contributed by atoms with E-state index in [1.54, 1.807) is 0 Å². The Morgan fingerprint density at radius 2 is 1.13 bits per heavy atom. The highest BCUT2D eigenvalue weighted by Gasteiger charge is 2.42. The fourth-order valence-electron chi connectivity index (χ4n) is 7.59. The normalized spacial score (nSPS) is 13.8. The van der Waals surface area contributed by atoms with Crippen LogP contribution < -0.4 is 9.80 Å². The number of rotatable bonds is 4. The van der Waals surface area contributed by atoms with Crippen molar-refractivity contribution in [1.82, 2.24) is 4.98 Å². The summed E-state index contributed by atoms with van der Waals surface area (Å²) in [5.41, 5.74) is 16.6. The molecular formula is C44H33N3. The van der Waals surface area contributed by atoms with E-state index in [1.807, 2.05) is 18.3 Å². The van der Waals surface area contributed by atoms with Gasteiger partial charge in [0.15, 0.2) is 0 Å². The molecule has 0 N–H and O–H groups in total. The highest BCUT2D eigenvalue weighted by atomic mass is 15.3. The molecule has 224 valence electrons. The van der Waals surface area contributed by atoms with Crippen molar-refractivity contribution in [3.8, 4) is 33.5 Å². The smallest absolute Gasteiger partial charge is 0.0785 e. The molecular weight excluding hydrogens is 571 g/mol. The molecule has 1 aliphatic heterocycles. The lowest BCUT2D eigenvalue weighted by Crippen LogP contribution is -2.25. The molecule has 0 spiro atoms. The summed E-state index contributed by atoms with van der Waals surface area (Å²) in [6, 6.07) is 56.9. The van der Waals surface area contributed by atoms with Gasteiger partial charge in [0.1, 0.15) is 0 Å². The van der Waals surface area contributed by atoms with E-state index >= 15 is 0 Å². The Labute approximate surface area is 276 Å². The zero-order valence-corrected chi connectivity index (χ0v) is 26.4. The summed E-state index contributed by atoms with van der Waals surface area (Å²) in [7, 11) is 0. The first kappa shape index (κ1) is 27.4. The third-order valence-corrected chi connectivity index (χ3v) is 9.81. The van der Waals surface area contributed by atoms with Crippen LogP contribution in [-0.2, 0) is 5.41 Å². The Bertz CT molecular complexity index is 2270. The minimum Gasteiger partial charge on any atom is -0.306 e. The van der Waals surface area contributed by atoms with E-state index in [1.165, 1.54) is 27.9 Å². The third kappa shape index (κ3) is 4.24. The van der Waals surface area contributed by atoms with Gasteiger partial charge in [0, 0.05) is 34.1 Å². The molecule has 7 aromatic rings. The number of hydrogen-bond donors (Lipinski definition) is 0. The van der Waals surface area contributed by atoms with Crippen LogP contribution in [0.3, 0.4) is 0 Å². The largest absolute Gasteiger partial charge is 0.306 e. The number of hydrogen-bond acceptors (Lipinski definition) is 3. The molecule has 3 nitrogen and oxygen atoms in total. The molecule has 3 heteroatoms. The molecule has 0 atom stereocenters. The average molecular weight is 604 g/mol. The highest BCUT2D eigenvalue weighted by molar-refractivity contribution is 6.09. The van der Waals surface area contributed by atoms with Gasteiger partial charge in [-0.05, 0) is 88.5 Å². The summed E-state index contributed by atoms with van der Waals surface area (Å²) in [5, 5.41) is 0. The first-order valence-corrected chi connectivity index (χ1v) is 16.2. The minimum atomic E-state index is -0.107. The van der Waals surface area contributed by atoms with Gasteiger partial charge in [-0.3, -0.25) is 4.98 Å². The van der Waals surface area contributed by atoms with Crippen LogP contribution in [0.4, 0.5) is 34.1 Å². The maximum Gasteiger partial charge on any atom is 0.0785 e. The van der Waals surface area contributed by atoms with Crippen molar-refractivity contribution in [1.29, 1.82) is 0 Å². The third-order valence-electron chi connectivity index (χ3n) is 9.81. The van der Waals surface area contributed by atoms with Gasteiger partial charge < -0.3 is 9.80 Å². The van der Waals surface area contributed by atoms with Crippen molar-refractivity contribution in [2.45, 2.75) is 19.3 Å². The maximum absolute atomic E-state index is 4.61. The Kier molecular flexibility index (Phi) is 6.16. The van der Waals surface area contributed by atoms with Crippen LogP contribution in [0.25, 0.3) is 33.5 Å². The molecule has 6 aromatic carbocycles. The molecule has 0 saturated heterocycles. The highest BCUT2D eigenvalue weighted by Crippen LogP contribution is 2.62. The van der Waals surface area contributed by atoms with Crippen molar-refractivity contribution in [3.05, 3.63) is 175 Å². The average Bonchev–Trinajstić information content (AvgIpc) is 3.37. The van der Waals surface area contributed by atoms with Crippen molar-refractivity contribution in [3.63, 3.8) is 0 Å². The van der Waals surface area contributed by atoms with Gasteiger partial charge in [-0.2, -0.15) is 0 Å². The molecule has 0 unspecified atom stereocenters. The lowest BCUT2D eigenvalue weighted by Gasteiger charge is -2.42. The Morgan fingerprint density at radius 1 is 0.468 bits per heavy atom. The van der Waals surface area contributed by atoms with Crippen LogP contribution in [0.15, 0.2) is 164 Å². The van der Waals surface area contributed by atoms with Crippen molar-refractivity contribution in [2.75, 3.05) is 9.80 Å². The van der Waals surface area contributed by atoms with Crippen molar-refractivity contribution in [2.24, 2.45) is 0 Å². The maximum atomic E-state index is 4.61. The summed E-state index contributed by atoms with van der Waals surface area (Å²) < 4.78 is 0. The molecule has 0 radical (unpaired) electrons. The predicted octanol–water partition coefficient (Wildman–Crippen LogP) is 12.0. The van der Waals surface area contributed by atoms with Crippen LogP contribution >= 0.6 is 0 Å². The van der Waals surface area contributed by atoms with E-state index in [2.05, 4.69) is 174 Å². The number of fused-ring (bicyclic) bond motifs is 6. The van der Waals surface area contributed by atoms with Gasteiger partial charge in [0.05, 0.1) is 28.4 Å². The Hall–Kier alpha value is -5.93. The zero-order chi connectivity index (χ0) is 31.5. The lowest BCUT2D eigenvalue weighted by atomic mass is 9.82. The molecule has 0 saturated carbocycles. The van der Waals surface area contributed by atoms with Crippen LogP contribution in [0.2, 0.25) is 0 Å². The van der Waals surface area contributed by atoms with Gasteiger partial charge in [0.25, 0.3) is 0 Å². The molecule has 9 rings (SSSR count). The van der Waals surface area contributed by atoms with E-state index in [-0.39, 0.29) is 5.41 Å². The lowest BCUT2D eigenvalue weighted by molar-refractivity contribution is 0.660. The van der Waals surface area contributed by atoms with Gasteiger partial charge in [-0.1, -0.05) is 111 Å². The fraction of sp³-hybridized carbons (Fsp3) is 0.0682. The molecule has 0 fully saturated rings. The summed E-state index contributed by atoms with van der Waals surface area (Å²) in [5.74, 6) is 0. The number of aromatic nitrogens is 1. The first-order valence-electron chi connectivity index (χ1n) is 16.2. The second-order valence-corrected chi connectivity index (χ2v) is 12.9. The van der Waals surface area contributed by atoms with Gasteiger partial charge >= 0.3 is 0 Å². The standard InChI is InChI=1S/C44H33N3/c1-44(2)36-21-10-9-20-35(36)42-37(44)24-26-40-43(42)47(34-18-7-4-8-19-34)39-25-23-31(29-41(39)46(40)33-16-5-3-6-17-33)30-14-13-15-32(28-30)38-22-11-12-27-45-38/h3-29H,1-2H3. The molecule has 1 aromatic heterocycles. The van der Waals surface area contributed by atoms with Gasteiger partial charge in [-0.25, -0.2) is 0 Å². The summed E-state index contributed by atoms with van der Waals surface area (Å²) in [4.78, 5) is 9.54. The van der Waals surface area contributed by atoms with Crippen molar-refractivity contribution < 1.29 is 0 Å². The summed E-state index contributed by atoms with van der Waals surface area (Å²) in [6.07, 6.45) is 1.85. The van der Waals surface area contributed by atoms with Crippen LogP contribution in [0.1, 0.15) is 25.0 Å². The minimum absolute atomic E-state index is 0.107. The van der Waals surface area contributed by atoms with Crippen LogP contribution in [-0.4, -0.2) is 4.98 Å². The zero-order valence-electron chi connectivity index (χ0n) is 26.4. The molecule has 2 heterocycles. The SMILES string of the molecule is CC1(C)c2ccccc2-c2c1ccc1c2N(c2ccccc2)c2ccc(-c3cccc(-c4ccccn4)c3)cc2N1c1ccccc1. The van der Waals surface area contributed by atoms with Crippen LogP contribution in [0.5, 0.6) is 0 Å². The van der Waals surface area contributed by atoms with E-state index in [0.717, 1.165) is 50.8 Å². The van der Waals surface area contributed by atoms with E-state index in [0.29, 0.717) is 0 Å². The molecule has 1 aliphatic carbocycles. The second kappa shape index (κ2) is 10.6. The van der Waals surface area contributed by atoms with Gasteiger partial charge in [0.2, 0.25) is 0 Å². The quantitative estimate of drug-likeness (QED) is 0.199. The molecule has 0 bridgehead atoms. The Morgan fingerprint density at radius 3 is 1.89 bits per heavy atom. The van der Waals surface area contributed by atoms with Gasteiger partial charge in [-0.15, -0.1) is 0 Å². The first-order chi connectivity index (χ1) is 23.1. The molecule has 47 heavy (non-hydrogen) atoms. The monoisotopic (exact) mass is 603 g/mol. The second-order valence-electron chi connectivity index (χ2n) is 12.9. The summed E-state index contributed by atoms with van der Waals surface area (Å²) >= 11 is 0. The van der Waals surface area contributed by atoms with Crippen molar-refractivity contribution >= 4 is 34.1 Å². The van der Waals surface area contributed by atoms with E-state index < -0.39 is 0 Å². The topological polar surface area (TPSA) is 19.4 Å². The van der Waals surface area contributed by atoms with Crippen LogP contribution in [0, 0.1) is 0 Å². The number of anilines is 6. The van der Waals surface area contributed by atoms with E-state index in [9.17, 15) is 0 Å². The van der Waals surface area contributed by atoms with E-state index in [4.69, 9.17) is 0 Å². The number of benzene rings is 6. The molecule has 2 aliphatic rings. The predicted molar refractivity (Wildman–Crippen MR) is 196 cm³/mol. The molecule has 0 amide bonds. The Balaban J connectivity index is 1.32. The number of para-hydroxylation sites is 2. The fourth-order valence-corrected chi connectivity index (χ4v) is 7.59. The summed E-state index contributed by atoms with van der Waals surface area (Å²) in [6.45, 7) is 4.71.